The normalized spacial score (nSPS) is 11.1. The molecule has 160 valence electrons. The Hall–Kier alpha value is -4.08. The molecule has 3 aromatic rings. The molecule has 0 aliphatic heterocycles. The van der Waals surface area contributed by atoms with Crippen LogP contribution in [0, 0.1) is 5.41 Å². The van der Waals surface area contributed by atoms with Gasteiger partial charge in [-0.3, -0.25) is 10.3 Å². The van der Waals surface area contributed by atoms with Crippen molar-refractivity contribution < 1.29 is 27.6 Å². The molecule has 0 heterocycles. The Kier molecular flexibility index (Phi) is 5.82. The average Bonchev–Trinajstić information content (AvgIpc) is 2.75. The van der Waals surface area contributed by atoms with E-state index in [1.807, 2.05) is 0 Å². The van der Waals surface area contributed by atoms with Gasteiger partial charge in [-0.1, -0.05) is 36.4 Å². The summed E-state index contributed by atoms with van der Waals surface area (Å²) in [5.74, 6) is -2.68. The number of benzene rings is 3. The zero-order valence-electron chi connectivity index (χ0n) is 16.2. The number of anilines is 2. The van der Waals surface area contributed by atoms with E-state index >= 15 is 0 Å². The maximum atomic E-state index is 12.9. The number of nitrogens with one attached hydrogen (secondary N) is 1. The van der Waals surface area contributed by atoms with Gasteiger partial charge in [-0.2, -0.15) is 13.2 Å². The molecular formula is C21H17F3N4O3. The number of urea groups is 1. The Morgan fingerprint density at radius 2 is 1.55 bits per heavy atom. The first-order chi connectivity index (χ1) is 14.6. The first-order valence-corrected chi connectivity index (χ1v) is 8.88. The van der Waals surface area contributed by atoms with Crippen LogP contribution in [0.3, 0.4) is 0 Å². The molecule has 10 heteroatoms. The van der Waals surface area contributed by atoms with Crippen LogP contribution in [-0.2, 0) is 9.63 Å². The van der Waals surface area contributed by atoms with Crippen molar-refractivity contribution in [1.82, 2.24) is 0 Å². The summed E-state index contributed by atoms with van der Waals surface area (Å²) in [6, 6.07) is 16.1. The van der Waals surface area contributed by atoms with Crippen LogP contribution < -0.4 is 15.7 Å². The predicted molar refractivity (Wildman–Crippen MR) is 110 cm³/mol. The summed E-state index contributed by atoms with van der Waals surface area (Å²) in [4.78, 5) is 29.9. The molecule has 0 saturated heterocycles. The summed E-state index contributed by atoms with van der Waals surface area (Å²) in [5, 5.41) is 8.95. The smallest absolute Gasteiger partial charge is 0.384 e. The highest BCUT2D eigenvalue weighted by Gasteiger charge is 2.44. The fourth-order valence-electron chi connectivity index (χ4n) is 2.76. The van der Waals surface area contributed by atoms with E-state index in [2.05, 4.69) is 4.84 Å². The van der Waals surface area contributed by atoms with Crippen LogP contribution in [0.2, 0.25) is 0 Å². The summed E-state index contributed by atoms with van der Waals surface area (Å²) >= 11 is 0. The van der Waals surface area contributed by atoms with Crippen molar-refractivity contribution in [2.24, 2.45) is 5.73 Å². The zero-order chi connectivity index (χ0) is 22.8. The van der Waals surface area contributed by atoms with Gasteiger partial charge in [0, 0.05) is 18.3 Å². The van der Waals surface area contributed by atoms with Gasteiger partial charge in [0.1, 0.15) is 5.84 Å². The Balaban J connectivity index is 2.02. The Labute approximate surface area is 174 Å². The number of nitrogens with two attached hydrogens (primary N) is 1. The molecule has 0 spiro atoms. The third-order valence-electron chi connectivity index (χ3n) is 4.38. The molecule has 3 rings (SSSR count). The predicted octanol–water partition coefficient (Wildman–Crippen LogP) is 4.21. The maximum absolute atomic E-state index is 12.9. The number of fused-ring (bicyclic) bond motifs is 1. The topological polar surface area (TPSA) is 99.7 Å². The third kappa shape index (κ3) is 4.74. The number of halogens is 3. The standard InChI is InChI=1S/C21H17F3N4O3/c1-27(16-5-3-2-4-6-16)20(30)28(31-19(29)21(22,23)24)17-10-9-13-11-15(18(25)26)8-7-14(13)12-17/h2-12H,1H3,(H3,25,26). The minimum absolute atomic E-state index is 0.0894. The van der Waals surface area contributed by atoms with E-state index in [9.17, 15) is 22.8 Å². The number of rotatable bonds is 3. The van der Waals surface area contributed by atoms with Gasteiger partial charge >= 0.3 is 18.2 Å². The fourth-order valence-corrected chi connectivity index (χ4v) is 2.76. The van der Waals surface area contributed by atoms with E-state index in [1.165, 1.54) is 25.2 Å². The number of para-hydroxylation sites is 1. The van der Waals surface area contributed by atoms with Crippen LogP contribution in [-0.4, -0.2) is 31.1 Å². The van der Waals surface area contributed by atoms with Crippen molar-refractivity contribution in [2.45, 2.75) is 6.18 Å². The van der Waals surface area contributed by atoms with Gasteiger partial charge in [-0.25, -0.2) is 9.59 Å². The fraction of sp³-hybridized carbons (Fsp3) is 0.0952. The number of hydroxylamine groups is 1. The lowest BCUT2D eigenvalue weighted by atomic mass is 10.1. The number of carbonyl (C=O) groups excluding carboxylic acids is 2. The lowest BCUT2D eigenvalue weighted by Crippen LogP contribution is -2.45. The first kappa shape index (κ1) is 21.6. The van der Waals surface area contributed by atoms with E-state index in [1.54, 1.807) is 48.5 Å². The van der Waals surface area contributed by atoms with E-state index in [0.717, 1.165) is 4.90 Å². The summed E-state index contributed by atoms with van der Waals surface area (Å²) in [6.07, 6.45) is -5.29. The van der Waals surface area contributed by atoms with Crippen LogP contribution >= 0.6 is 0 Å². The molecule has 0 aromatic heterocycles. The zero-order valence-corrected chi connectivity index (χ0v) is 16.2. The van der Waals surface area contributed by atoms with Crippen molar-refractivity contribution in [2.75, 3.05) is 17.0 Å². The molecule has 3 N–H and O–H groups in total. The highest BCUT2D eigenvalue weighted by atomic mass is 19.4. The minimum atomic E-state index is -5.29. The third-order valence-corrected chi connectivity index (χ3v) is 4.38. The van der Waals surface area contributed by atoms with Crippen molar-refractivity contribution in [3.05, 3.63) is 72.3 Å². The molecule has 0 atom stereocenters. The maximum Gasteiger partial charge on any atom is 0.493 e. The van der Waals surface area contributed by atoms with Gasteiger partial charge in [-0.05, 0) is 41.1 Å². The Bertz CT molecular complexity index is 1150. The molecule has 0 saturated carbocycles. The molecule has 7 nitrogen and oxygen atoms in total. The van der Waals surface area contributed by atoms with Gasteiger partial charge < -0.3 is 10.6 Å². The molecule has 0 bridgehead atoms. The molecule has 0 radical (unpaired) electrons. The van der Waals surface area contributed by atoms with E-state index in [4.69, 9.17) is 11.1 Å². The van der Waals surface area contributed by atoms with Gasteiger partial charge in [0.15, 0.2) is 0 Å². The average molecular weight is 430 g/mol. The second-order valence-corrected chi connectivity index (χ2v) is 6.51. The van der Waals surface area contributed by atoms with Crippen molar-refractivity contribution in [3.8, 4) is 0 Å². The molecule has 31 heavy (non-hydrogen) atoms. The largest absolute Gasteiger partial charge is 0.493 e. The van der Waals surface area contributed by atoms with E-state index < -0.39 is 18.2 Å². The van der Waals surface area contributed by atoms with Crippen molar-refractivity contribution in [1.29, 1.82) is 5.41 Å². The summed E-state index contributed by atoms with van der Waals surface area (Å²) in [7, 11) is 1.34. The number of hydrogen-bond donors (Lipinski definition) is 2. The monoisotopic (exact) mass is 430 g/mol. The number of amides is 2. The number of alkyl halides is 3. The number of carbonyl (C=O) groups is 2. The van der Waals surface area contributed by atoms with Gasteiger partial charge in [-0.15, -0.1) is 5.06 Å². The number of nitrogen functional groups attached to an aromatic ring is 1. The Morgan fingerprint density at radius 1 is 0.935 bits per heavy atom. The number of amidine groups is 1. The first-order valence-electron chi connectivity index (χ1n) is 8.88. The molecule has 0 aliphatic carbocycles. The van der Waals surface area contributed by atoms with Crippen LogP contribution in [0.4, 0.5) is 29.3 Å². The molecule has 0 fully saturated rings. The SMILES string of the molecule is CN(C(=O)N(OC(=O)C(F)(F)F)c1ccc2cc(C(=N)N)ccc2c1)c1ccccc1. The summed E-state index contributed by atoms with van der Waals surface area (Å²) in [6.45, 7) is 0. The van der Waals surface area contributed by atoms with E-state index in [0.29, 0.717) is 27.1 Å². The molecular weight excluding hydrogens is 413 g/mol. The summed E-state index contributed by atoms with van der Waals surface area (Å²) in [5.41, 5.74) is 6.22. The number of hydrogen-bond acceptors (Lipinski definition) is 4. The van der Waals surface area contributed by atoms with E-state index in [-0.39, 0.29) is 11.5 Å². The van der Waals surface area contributed by atoms with Crippen LogP contribution in [0.15, 0.2) is 66.7 Å². The van der Waals surface area contributed by atoms with Crippen LogP contribution in [0.5, 0.6) is 0 Å². The second-order valence-electron chi connectivity index (χ2n) is 6.51. The van der Waals surface area contributed by atoms with Gasteiger partial charge in [0.05, 0.1) is 5.69 Å². The van der Waals surface area contributed by atoms with Gasteiger partial charge in [0.25, 0.3) is 0 Å². The summed E-state index contributed by atoms with van der Waals surface area (Å²) < 4.78 is 38.5. The van der Waals surface area contributed by atoms with Crippen LogP contribution in [0.25, 0.3) is 10.8 Å². The van der Waals surface area contributed by atoms with Gasteiger partial charge in [0.2, 0.25) is 0 Å². The molecule has 0 unspecified atom stereocenters. The Morgan fingerprint density at radius 3 is 2.16 bits per heavy atom. The lowest BCUT2D eigenvalue weighted by molar-refractivity contribution is -0.199. The highest BCUT2D eigenvalue weighted by Crippen LogP contribution is 2.27. The van der Waals surface area contributed by atoms with Crippen molar-refractivity contribution >= 4 is 40.0 Å². The van der Waals surface area contributed by atoms with Crippen molar-refractivity contribution in [3.63, 3.8) is 0 Å². The quantitative estimate of drug-likeness (QED) is 0.369. The lowest BCUT2D eigenvalue weighted by Gasteiger charge is -2.27. The van der Waals surface area contributed by atoms with Crippen LogP contribution in [0.1, 0.15) is 5.56 Å². The second kappa shape index (κ2) is 8.34. The molecule has 2 amide bonds. The highest BCUT2D eigenvalue weighted by molar-refractivity contribution is 6.05. The molecule has 0 aliphatic rings. The number of nitrogens with zero attached hydrogens (tertiary/aromatic N) is 2. The minimum Gasteiger partial charge on any atom is -0.384 e. The molecule has 3 aromatic carbocycles.